The average Bonchev–Trinajstić information content (AvgIpc) is 2.50. The van der Waals surface area contributed by atoms with Gasteiger partial charge in [0, 0.05) is 5.56 Å². The topological polar surface area (TPSA) is 59.8 Å². The van der Waals surface area contributed by atoms with Crippen molar-refractivity contribution >= 4 is 11.9 Å². The molecule has 1 aromatic carbocycles. The molecule has 0 radical (unpaired) electrons. The average molecular weight is 345 g/mol. The molecule has 8 heteroatoms. The number of amides is 1. The van der Waals surface area contributed by atoms with E-state index < -0.39 is 23.8 Å². The number of hydrogen-bond acceptors (Lipinski definition) is 3. The number of rotatable bonds is 5. The Bertz CT molecular complexity index is 604. The van der Waals surface area contributed by atoms with E-state index in [4.69, 9.17) is 4.74 Å². The number of carbonyl (C=O) groups is 2. The zero-order valence-corrected chi connectivity index (χ0v) is 13.3. The summed E-state index contributed by atoms with van der Waals surface area (Å²) in [5.41, 5.74) is -0.244. The molecule has 0 aliphatic carbocycles. The van der Waals surface area contributed by atoms with E-state index >= 15 is 0 Å². The molecule has 0 bridgehead atoms. The predicted molar refractivity (Wildman–Crippen MR) is 79.0 cm³/mol. The number of piperazine rings is 1. The first-order chi connectivity index (χ1) is 11.3. The Hall–Kier alpha value is -2.09. The van der Waals surface area contributed by atoms with Gasteiger partial charge in [-0.15, -0.1) is 0 Å². The molecule has 2 atom stereocenters. The summed E-state index contributed by atoms with van der Waals surface area (Å²) in [5, 5.41) is 2.68. The largest absolute Gasteiger partial charge is 0.466 e. The first kappa shape index (κ1) is 18.3. The van der Waals surface area contributed by atoms with Crippen molar-refractivity contribution < 1.29 is 32.4 Å². The Labute approximate surface area is 137 Å². The highest BCUT2D eigenvalue weighted by atomic mass is 19.4. The molecule has 24 heavy (non-hydrogen) atoms. The number of nitrogens with one attached hydrogen (secondary N) is 2. The molecule has 1 amide bonds. The van der Waals surface area contributed by atoms with E-state index in [1.165, 1.54) is 6.07 Å². The van der Waals surface area contributed by atoms with E-state index in [0.717, 1.165) is 17.0 Å². The van der Waals surface area contributed by atoms with Gasteiger partial charge in [-0.1, -0.05) is 12.1 Å². The zero-order valence-electron chi connectivity index (χ0n) is 13.3. The zero-order chi connectivity index (χ0) is 17.7. The lowest BCUT2D eigenvalue weighted by molar-refractivity contribution is -0.930. The number of carbonyl (C=O) groups excluding carboxylic acids is 2. The van der Waals surface area contributed by atoms with E-state index in [2.05, 4.69) is 5.32 Å². The van der Waals surface area contributed by atoms with Gasteiger partial charge in [-0.2, -0.15) is 13.2 Å². The lowest BCUT2D eigenvalue weighted by Crippen LogP contribution is -3.18. The molecule has 1 aliphatic rings. The van der Waals surface area contributed by atoms with Gasteiger partial charge in [-0.25, -0.2) is 0 Å². The van der Waals surface area contributed by atoms with Crippen LogP contribution in [0.1, 0.15) is 24.5 Å². The maximum atomic E-state index is 12.8. The molecule has 1 aliphatic heterocycles. The van der Waals surface area contributed by atoms with Crippen molar-refractivity contribution in [2.75, 3.05) is 19.7 Å². The number of benzene rings is 1. The van der Waals surface area contributed by atoms with Crippen molar-refractivity contribution in [2.24, 2.45) is 0 Å². The molecular weight excluding hydrogens is 325 g/mol. The Kier molecular flexibility index (Phi) is 5.82. The van der Waals surface area contributed by atoms with Crippen LogP contribution < -0.4 is 10.2 Å². The number of hydrogen-bond donors (Lipinski definition) is 2. The SMILES string of the molecule is CCOC(=O)C[C@@H]1C(=O)NCC[NH+]1Cc1cccc(C(F)(F)F)c1. The molecule has 0 saturated carbocycles. The number of ether oxygens (including phenoxy) is 1. The van der Waals surface area contributed by atoms with Gasteiger partial charge >= 0.3 is 12.1 Å². The summed E-state index contributed by atoms with van der Waals surface area (Å²) in [6.45, 7) is 3.09. The van der Waals surface area contributed by atoms with Crippen molar-refractivity contribution in [1.82, 2.24) is 5.32 Å². The Morgan fingerprint density at radius 3 is 2.83 bits per heavy atom. The lowest BCUT2D eigenvalue weighted by Gasteiger charge is -2.31. The summed E-state index contributed by atoms with van der Waals surface area (Å²) in [5.74, 6) is -0.766. The molecule has 2 N–H and O–H groups in total. The second-order valence-electron chi connectivity index (χ2n) is 5.64. The van der Waals surface area contributed by atoms with E-state index in [-0.39, 0.29) is 25.5 Å². The Morgan fingerprint density at radius 1 is 1.42 bits per heavy atom. The van der Waals surface area contributed by atoms with Crippen LogP contribution in [0.5, 0.6) is 0 Å². The monoisotopic (exact) mass is 345 g/mol. The number of esters is 1. The maximum absolute atomic E-state index is 12.8. The summed E-state index contributed by atoms with van der Waals surface area (Å²) < 4.78 is 43.3. The van der Waals surface area contributed by atoms with Crippen LogP contribution in [0.3, 0.4) is 0 Å². The van der Waals surface area contributed by atoms with Crippen LogP contribution >= 0.6 is 0 Å². The second-order valence-corrected chi connectivity index (χ2v) is 5.64. The van der Waals surface area contributed by atoms with Crippen LogP contribution in [0.25, 0.3) is 0 Å². The van der Waals surface area contributed by atoms with E-state index in [1.807, 2.05) is 0 Å². The summed E-state index contributed by atoms with van der Waals surface area (Å²) in [7, 11) is 0. The van der Waals surface area contributed by atoms with Gasteiger partial charge in [-0.05, 0) is 19.1 Å². The van der Waals surface area contributed by atoms with Crippen LogP contribution in [-0.4, -0.2) is 37.6 Å². The minimum absolute atomic E-state index is 0.0893. The van der Waals surface area contributed by atoms with E-state index in [1.54, 1.807) is 13.0 Å². The predicted octanol–water partition coefficient (Wildman–Crippen LogP) is 0.542. The fraction of sp³-hybridized carbons (Fsp3) is 0.500. The van der Waals surface area contributed by atoms with Crippen LogP contribution in [0.15, 0.2) is 24.3 Å². The van der Waals surface area contributed by atoms with E-state index in [9.17, 15) is 22.8 Å². The molecule has 1 fully saturated rings. The van der Waals surface area contributed by atoms with Gasteiger partial charge < -0.3 is 15.0 Å². The fourth-order valence-corrected chi connectivity index (χ4v) is 2.78. The molecular formula is C16H20F3N2O3+. The highest BCUT2D eigenvalue weighted by Gasteiger charge is 2.36. The third kappa shape index (κ3) is 4.70. The van der Waals surface area contributed by atoms with Crippen molar-refractivity contribution in [2.45, 2.75) is 32.1 Å². The molecule has 5 nitrogen and oxygen atoms in total. The first-order valence-corrected chi connectivity index (χ1v) is 7.75. The number of quaternary nitrogens is 1. The number of alkyl halides is 3. The van der Waals surface area contributed by atoms with Crippen LogP contribution in [-0.2, 0) is 27.0 Å². The van der Waals surface area contributed by atoms with Gasteiger partial charge in [0.15, 0.2) is 6.04 Å². The van der Waals surface area contributed by atoms with Gasteiger partial charge in [0.1, 0.15) is 13.0 Å². The summed E-state index contributed by atoms with van der Waals surface area (Å²) >= 11 is 0. The Morgan fingerprint density at radius 2 is 2.17 bits per heavy atom. The molecule has 0 aromatic heterocycles. The normalized spacial score (nSPS) is 21.2. The van der Waals surface area contributed by atoms with Crippen LogP contribution in [0, 0.1) is 0 Å². The smallest absolute Gasteiger partial charge is 0.416 e. The van der Waals surface area contributed by atoms with Crippen molar-refractivity contribution in [3.63, 3.8) is 0 Å². The summed E-state index contributed by atoms with van der Waals surface area (Å²) in [4.78, 5) is 24.5. The van der Waals surface area contributed by atoms with Crippen LogP contribution in [0.2, 0.25) is 0 Å². The van der Waals surface area contributed by atoms with Crippen LogP contribution in [0.4, 0.5) is 13.2 Å². The van der Waals surface area contributed by atoms with Crippen molar-refractivity contribution in [1.29, 1.82) is 0 Å². The molecule has 1 saturated heterocycles. The van der Waals surface area contributed by atoms with E-state index in [0.29, 0.717) is 18.7 Å². The third-order valence-electron chi connectivity index (χ3n) is 3.92. The lowest BCUT2D eigenvalue weighted by atomic mass is 10.1. The minimum Gasteiger partial charge on any atom is -0.466 e. The van der Waals surface area contributed by atoms with Crippen molar-refractivity contribution in [3.8, 4) is 0 Å². The third-order valence-corrected chi connectivity index (χ3v) is 3.92. The van der Waals surface area contributed by atoms with Crippen molar-refractivity contribution in [3.05, 3.63) is 35.4 Å². The van der Waals surface area contributed by atoms with Gasteiger partial charge in [0.05, 0.1) is 25.3 Å². The summed E-state index contributed by atoms with van der Waals surface area (Å²) in [6, 6.07) is 4.38. The highest BCUT2D eigenvalue weighted by Crippen LogP contribution is 2.29. The summed E-state index contributed by atoms with van der Waals surface area (Å²) in [6.07, 6.45) is -4.50. The molecule has 132 valence electrons. The highest BCUT2D eigenvalue weighted by molar-refractivity contribution is 5.85. The van der Waals surface area contributed by atoms with Gasteiger partial charge in [0.25, 0.3) is 5.91 Å². The molecule has 0 spiro atoms. The quantitative estimate of drug-likeness (QED) is 0.766. The molecule has 2 rings (SSSR count). The maximum Gasteiger partial charge on any atom is 0.416 e. The fourth-order valence-electron chi connectivity index (χ4n) is 2.78. The Balaban J connectivity index is 2.13. The molecule has 1 unspecified atom stereocenters. The second kappa shape index (κ2) is 7.65. The van der Waals surface area contributed by atoms with Gasteiger partial charge in [0.2, 0.25) is 0 Å². The number of halogens is 3. The molecule has 1 aromatic rings. The first-order valence-electron chi connectivity index (χ1n) is 7.75. The standard InChI is InChI=1S/C16H19F3N2O3/c1-2-24-14(22)9-13-15(23)20-6-7-21(13)10-11-4-3-5-12(8-11)16(17,18)19/h3-5,8,13H,2,6-7,9-10H2,1H3,(H,20,23)/p+1/t13-/m1/s1. The molecule has 1 heterocycles. The minimum atomic E-state index is -4.41. The van der Waals surface area contributed by atoms with Gasteiger partial charge in [-0.3, -0.25) is 9.59 Å².